The first kappa shape index (κ1) is 27.0. The van der Waals surface area contributed by atoms with Crippen LogP contribution in [0.25, 0.3) is 0 Å². The Morgan fingerprint density at radius 1 is 1.00 bits per heavy atom. The second-order valence-electron chi connectivity index (χ2n) is 7.66. The van der Waals surface area contributed by atoms with E-state index < -0.39 is 17.0 Å². The summed E-state index contributed by atoms with van der Waals surface area (Å²) in [4.78, 5) is 27.1. The molecule has 0 saturated carbocycles. The number of anilines is 1. The number of hydrogen-bond acceptors (Lipinski definition) is 5. The second kappa shape index (κ2) is 16.7. The summed E-state index contributed by atoms with van der Waals surface area (Å²) in [5.74, 6) is 0.279. The normalized spacial score (nSPS) is 11.8. The Kier molecular flexibility index (Phi) is 14.5. The molecule has 0 aliphatic rings. The molecule has 31 heavy (non-hydrogen) atoms. The highest BCUT2D eigenvalue weighted by Gasteiger charge is 2.12. The summed E-state index contributed by atoms with van der Waals surface area (Å²) >= 11 is -1.66. The Bertz CT molecular complexity index is 699. The highest BCUT2D eigenvalue weighted by Crippen LogP contribution is 2.26. The molecule has 0 fully saturated rings. The molecule has 1 amide bonds. The SMILES string of the molecule is Cc1ccnc(NC(=O)CCCCCCCCCCCS(=O)O)c1OCCCC(=O)O. The molecule has 0 spiro atoms. The van der Waals surface area contributed by atoms with Gasteiger partial charge in [-0.25, -0.2) is 9.19 Å². The third kappa shape index (κ3) is 13.8. The maximum Gasteiger partial charge on any atom is 0.303 e. The molecule has 1 heterocycles. The lowest BCUT2D eigenvalue weighted by atomic mass is 10.1. The smallest absolute Gasteiger partial charge is 0.303 e. The van der Waals surface area contributed by atoms with E-state index in [4.69, 9.17) is 14.4 Å². The molecular weight excluding hydrogens is 420 g/mol. The van der Waals surface area contributed by atoms with Gasteiger partial charge in [-0.3, -0.25) is 9.59 Å². The first-order chi connectivity index (χ1) is 14.9. The van der Waals surface area contributed by atoms with Crippen LogP contribution in [0.15, 0.2) is 12.3 Å². The molecule has 1 rings (SSSR count). The zero-order valence-electron chi connectivity index (χ0n) is 18.4. The maximum absolute atomic E-state index is 12.3. The Morgan fingerprint density at radius 3 is 2.23 bits per heavy atom. The predicted octanol–water partition coefficient (Wildman–Crippen LogP) is 4.69. The molecule has 1 aromatic heterocycles. The number of aryl methyl sites for hydroxylation is 1. The van der Waals surface area contributed by atoms with Crippen molar-refractivity contribution in [1.29, 1.82) is 0 Å². The van der Waals surface area contributed by atoms with Gasteiger partial charge in [-0.2, -0.15) is 0 Å². The van der Waals surface area contributed by atoms with Gasteiger partial charge in [-0.15, -0.1) is 0 Å². The van der Waals surface area contributed by atoms with Crippen molar-refractivity contribution in [2.24, 2.45) is 0 Å². The number of rotatable bonds is 18. The number of pyridine rings is 1. The molecule has 0 aromatic carbocycles. The summed E-state index contributed by atoms with van der Waals surface area (Å²) in [6.07, 6.45) is 11.7. The van der Waals surface area contributed by atoms with Crippen molar-refractivity contribution in [2.45, 2.75) is 84.0 Å². The van der Waals surface area contributed by atoms with E-state index in [-0.39, 0.29) is 18.9 Å². The Labute approximate surface area is 187 Å². The fourth-order valence-corrected chi connectivity index (χ4v) is 3.61. The first-order valence-electron chi connectivity index (χ1n) is 11.1. The van der Waals surface area contributed by atoms with Crippen molar-refractivity contribution in [3.63, 3.8) is 0 Å². The minimum atomic E-state index is -1.66. The molecule has 0 radical (unpaired) electrons. The number of carbonyl (C=O) groups excluding carboxylic acids is 1. The predicted molar refractivity (Wildman–Crippen MR) is 122 cm³/mol. The van der Waals surface area contributed by atoms with Crippen LogP contribution in [0.4, 0.5) is 5.82 Å². The second-order valence-corrected chi connectivity index (χ2v) is 8.71. The number of aromatic nitrogens is 1. The largest absolute Gasteiger partial charge is 0.489 e. The van der Waals surface area contributed by atoms with Crippen molar-refractivity contribution in [1.82, 2.24) is 4.98 Å². The number of hydrogen-bond donors (Lipinski definition) is 3. The average molecular weight is 457 g/mol. The minimum Gasteiger partial charge on any atom is -0.489 e. The van der Waals surface area contributed by atoms with E-state index in [1.54, 1.807) is 12.3 Å². The fourth-order valence-electron chi connectivity index (χ4n) is 3.16. The van der Waals surface area contributed by atoms with Gasteiger partial charge in [-0.1, -0.05) is 44.9 Å². The number of carboxylic acid groups (broad SMARTS) is 1. The number of amides is 1. The van der Waals surface area contributed by atoms with Crippen LogP contribution in [-0.4, -0.2) is 43.1 Å². The zero-order valence-corrected chi connectivity index (χ0v) is 19.3. The quantitative estimate of drug-likeness (QED) is 0.216. The van der Waals surface area contributed by atoms with E-state index >= 15 is 0 Å². The summed E-state index contributed by atoms with van der Waals surface area (Å²) in [6.45, 7) is 2.11. The zero-order chi connectivity index (χ0) is 22.9. The average Bonchev–Trinajstić information content (AvgIpc) is 2.70. The minimum absolute atomic E-state index is 0.0346. The number of nitrogens with one attached hydrogen (secondary N) is 1. The number of carboxylic acids is 1. The fraction of sp³-hybridized carbons (Fsp3) is 0.682. The van der Waals surface area contributed by atoms with Crippen molar-refractivity contribution in [3.05, 3.63) is 17.8 Å². The summed E-state index contributed by atoms with van der Waals surface area (Å²) < 4.78 is 24.9. The van der Waals surface area contributed by atoms with E-state index in [2.05, 4.69) is 10.3 Å². The lowest BCUT2D eigenvalue weighted by Gasteiger charge is -2.13. The lowest BCUT2D eigenvalue weighted by Crippen LogP contribution is -2.14. The highest BCUT2D eigenvalue weighted by atomic mass is 32.2. The van der Waals surface area contributed by atoms with E-state index in [0.29, 0.717) is 30.2 Å². The van der Waals surface area contributed by atoms with Crippen LogP contribution in [0.1, 0.15) is 82.6 Å². The number of carbonyl (C=O) groups is 2. The van der Waals surface area contributed by atoms with Crippen LogP contribution in [0.2, 0.25) is 0 Å². The van der Waals surface area contributed by atoms with Crippen LogP contribution in [-0.2, 0) is 20.7 Å². The number of unbranched alkanes of at least 4 members (excludes halogenated alkanes) is 8. The van der Waals surface area contributed by atoms with E-state index in [0.717, 1.165) is 63.4 Å². The number of nitrogens with zero attached hydrogens (tertiary/aromatic N) is 1. The van der Waals surface area contributed by atoms with Crippen molar-refractivity contribution in [3.8, 4) is 5.75 Å². The topological polar surface area (TPSA) is 126 Å². The molecule has 0 aliphatic heterocycles. The Morgan fingerprint density at radius 2 is 1.61 bits per heavy atom. The molecule has 1 unspecified atom stereocenters. The van der Waals surface area contributed by atoms with E-state index in [1.807, 2.05) is 6.92 Å². The number of aliphatic carboxylic acids is 1. The van der Waals surface area contributed by atoms with Crippen LogP contribution >= 0.6 is 0 Å². The maximum atomic E-state index is 12.3. The third-order valence-electron chi connectivity index (χ3n) is 4.86. The third-order valence-corrected chi connectivity index (χ3v) is 5.50. The number of ether oxygens (including phenoxy) is 1. The molecule has 1 atom stereocenters. The molecule has 8 nitrogen and oxygen atoms in total. The van der Waals surface area contributed by atoms with E-state index in [1.165, 1.54) is 0 Å². The molecule has 1 aromatic rings. The van der Waals surface area contributed by atoms with Crippen molar-refractivity contribution in [2.75, 3.05) is 17.7 Å². The highest BCUT2D eigenvalue weighted by molar-refractivity contribution is 7.79. The van der Waals surface area contributed by atoms with Gasteiger partial charge in [0.1, 0.15) is 0 Å². The molecule has 176 valence electrons. The molecule has 9 heteroatoms. The molecule has 0 aliphatic carbocycles. The van der Waals surface area contributed by atoms with Gasteiger partial charge < -0.3 is 19.7 Å². The van der Waals surface area contributed by atoms with Gasteiger partial charge in [0.05, 0.1) is 6.61 Å². The van der Waals surface area contributed by atoms with Gasteiger partial charge in [-0.05, 0) is 37.8 Å². The van der Waals surface area contributed by atoms with Crippen LogP contribution in [0.5, 0.6) is 5.75 Å². The summed E-state index contributed by atoms with van der Waals surface area (Å²) in [6, 6.07) is 1.79. The summed E-state index contributed by atoms with van der Waals surface area (Å²) in [7, 11) is 0. The monoisotopic (exact) mass is 456 g/mol. The molecular formula is C22H36N2O6S. The van der Waals surface area contributed by atoms with Gasteiger partial charge in [0.15, 0.2) is 22.6 Å². The van der Waals surface area contributed by atoms with Crippen molar-refractivity contribution >= 4 is 28.8 Å². The Balaban J connectivity index is 2.18. The molecule has 0 bridgehead atoms. The van der Waals surface area contributed by atoms with Crippen LogP contribution < -0.4 is 10.1 Å². The van der Waals surface area contributed by atoms with Gasteiger partial charge >= 0.3 is 5.97 Å². The van der Waals surface area contributed by atoms with E-state index in [9.17, 15) is 13.8 Å². The van der Waals surface area contributed by atoms with Gasteiger partial charge in [0.2, 0.25) is 5.91 Å². The summed E-state index contributed by atoms with van der Waals surface area (Å²) in [5, 5.41) is 11.5. The molecule has 3 N–H and O–H groups in total. The van der Waals surface area contributed by atoms with Crippen molar-refractivity contribution < 1.29 is 28.2 Å². The van der Waals surface area contributed by atoms with Crippen LogP contribution in [0, 0.1) is 6.92 Å². The standard InChI is InChI=1S/C22H36N2O6S/c1-18-14-15-23-22(21(18)30-16-11-13-20(26)27)24-19(25)12-9-7-5-3-2-4-6-8-10-17-31(28)29/h14-15H,2-13,16-17H2,1H3,(H,26,27)(H,28,29)(H,23,24,25). The van der Waals surface area contributed by atoms with Gasteiger partial charge in [0.25, 0.3) is 0 Å². The van der Waals surface area contributed by atoms with Gasteiger partial charge in [0, 0.05) is 24.8 Å². The molecule has 0 saturated heterocycles. The van der Waals surface area contributed by atoms with Crippen LogP contribution in [0.3, 0.4) is 0 Å². The summed E-state index contributed by atoms with van der Waals surface area (Å²) in [5.41, 5.74) is 0.838. The Hall–Kier alpha value is -2.00. The lowest BCUT2D eigenvalue weighted by molar-refractivity contribution is -0.137. The first-order valence-corrected chi connectivity index (χ1v) is 12.3.